The van der Waals surface area contributed by atoms with Crippen LogP contribution in [0.25, 0.3) is 0 Å². The number of nitrogens with zero attached hydrogens (tertiary/aromatic N) is 3. The van der Waals surface area contributed by atoms with Gasteiger partial charge in [0, 0.05) is 32.1 Å². The van der Waals surface area contributed by atoms with Gasteiger partial charge < -0.3 is 10.2 Å². The minimum atomic E-state index is 0.656. The van der Waals surface area contributed by atoms with Crippen molar-refractivity contribution in [3.63, 3.8) is 0 Å². The van der Waals surface area contributed by atoms with E-state index < -0.39 is 0 Å². The summed E-state index contributed by atoms with van der Waals surface area (Å²) in [5.74, 6) is 2.94. The smallest absolute Gasteiger partial charge is 0.134 e. The molecule has 2 rings (SSSR count). The summed E-state index contributed by atoms with van der Waals surface area (Å²) in [6.45, 7) is 5.35. The molecule has 4 nitrogen and oxygen atoms in total. The average Bonchev–Trinajstić information content (AvgIpc) is 2.48. The highest BCUT2D eigenvalue weighted by Gasteiger charge is 2.21. The van der Waals surface area contributed by atoms with Crippen LogP contribution in [-0.2, 0) is 6.42 Å². The fraction of sp³-hybridized carbons (Fsp3) is 0.733. The maximum absolute atomic E-state index is 4.72. The first-order chi connectivity index (χ1) is 9.28. The Labute approximate surface area is 116 Å². The van der Waals surface area contributed by atoms with Gasteiger partial charge in [-0.05, 0) is 19.8 Å². The quantitative estimate of drug-likeness (QED) is 0.884. The molecular formula is C15H26N4. The van der Waals surface area contributed by atoms with Gasteiger partial charge in [-0.2, -0.15) is 0 Å². The van der Waals surface area contributed by atoms with Crippen LogP contribution >= 0.6 is 0 Å². The average molecular weight is 262 g/mol. The Kier molecular flexibility index (Phi) is 5.00. The van der Waals surface area contributed by atoms with E-state index in [-0.39, 0.29) is 0 Å². The van der Waals surface area contributed by atoms with E-state index in [0.29, 0.717) is 6.04 Å². The van der Waals surface area contributed by atoms with E-state index in [9.17, 15) is 0 Å². The third kappa shape index (κ3) is 3.37. The van der Waals surface area contributed by atoms with Crippen LogP contribution in [0.4, 0.5) is 11.6 Å². The molecule has 1 N–H and O–H groups in total. The Morgan fingerprint density at radius 3 is 2.53 bits per heavy atom. The first-order valence-corrected chi connectivity index (χ1v) is 7.60. The molecule has 4 heteroatoms. The summed E-state index contributed by atoms with van der Waals surface area (Å²) < 4.78 is 0. The third-order valence-electron chi connectivity index (χ3n) is 3.98. The Morgan fingerprint density at radius 1 is 1.21 bits per heavy atom. The molecule has 1 aliphatic rings. The fourth-order valence-corrected chi connectivity index (χ4v) is 2.92. The molecular weight excluding hydrogens is 236 g/mol. The number of nitrogens with one attached hydrogen (secondary N) is 1. The first kappa shape index (κ1) is 14.1. The van der Waals surface area contributed by atoms with Crippen LogP contribution in [0.15, 0.2) is 6.07 Å². The van der Waals surface area contributed by atoms with Crippen LogP contribution in [-0.4, -0.2) is 29.6 Å². The molecule has 1 heterocycles. The molecule has 0 atom stereocenters. The summed E-state index contributed by atoms with van der Waals surface area (Å²) in [6.07, 6.45) is 7.57. The van der Waals surface area contributed by atoms with Gasteiger partial charge in [-0.15, -0.1) is 0 Å². The van der Waals surface area contributed by atoms with Gasteiger partial charge in [-0.25, -0.2) is 9.97 Å². The molecule has 0 radical (unpaired) electrons. The zero-order chi connectivity index (χ0) is 13.7. The Hall–Kier alpha value is -1.32. The van der Waals surface area contributed by atoms with Crippen LogP contribution in [0.1, 0.15) is 51.8 Å². The molecule has 1 aromatic rings. The molecule has 0 bridgehead atoms. The van der Waals surface area contributed by atoms with Crippen molar-refractivity contribution in [2.24, 2.45) is 0 Å². The lowest BCUT2D eigenvalue weighted by Crippen LogP contribution is -2.37. The Bertz CT molecular complexity index is 377. The first-order valence-electron chi connectivity index (χ1n) is 7.60. The highest BCUT2D eigenvalue weighted by molar-refractivity contribution is 5.50. The van der Waals surface area contributed by atoms with Crippen molar-refractivity contribution in [3.05, 3.63) is 11.9 Å². The topological polar surface area (TPSA) is 41.1 Å². The minimum absolute atomic E-state index is 0.656. The van der Waals surface area contributed by atoms with E-state index >= 15 is 0 Å². The van der Waals surface area contributed by atoms with Gasteiger partial charge in [0.05, 0.1) is 0 Å². The summed E-state index contributed by atoms with van der Waals surface area (Å²) in [4.78, 5) is 11.7. The van der Waals surface area contributed by atoms with Gasteiger partial charge in [0.25, 0.3) is 0 Å². The molecule has 1 aliphatic carbocycles. The van der Waals surface area contributed by atoms with E-state index in [4.69, 9.17) is 4.98 Å². The maximum Gasteiger partial charge on any atom is 0.134 e. The van der Waals surface area contributed by atoms with E-state index in [0.717, 1.165) is 30.4 Å². The lowest BCUT2D eigenvalue weighted by molar-refractivity contribution is 0.416. The lowest BCUT2D eigenvalue weighted by atomic mass is 9.94. The normalized spacial score (nSPS) is 16.4. The summed E-state index contributed by atoms with van der Waals surface area (Å²) >= 11 is 0. The predicted octanol–water partition coefficient (Wildman–Crippen LogP) is 3.24. The lowest BCUT2D eigenvalue weighted by Gasteiger charge is -2.34. The van der Waals surface area contributed by atoms with Gasteiger partial charge in [-0.3, -0.25) is 0 Å². The van der Waals surface area contributed by atoms with E-state index in [1.807, 2.05) is 7.05 Å². The number of hydrogen-bond acceptors (Lipinski definition) is 4. The number of anilines is 2. The molecule has 1 saturated carbocycles. The molecule has 0 aliphatic heterocycles. The van der Waals surface area contributed by atoms with E-state index in [1.54, 1.807) is 0 Å². The highest BCUT2D eigenvalue weighted by atomic mass is 15.2. The Morgan fingerprint density at radius 2 is 1.95 bits per heavy atom. The van der Waals surface area contributed by atoms with Crippen LogP contribution in [0.5, 0.6) is 0 Å². The van der Waals surface area contributed by atoms with Crippen LogP contribution in [0, 0.1) is 0 Å². The standard InChI is InChI=1S/C15H26N4/c1-4-13-17-14(16-3)11-15(18-13)19(5-2)12-9-7-6-8-10-12/h11-12H,4-10H2,1-3H3,(H,16,17,18). The fourth-order valence-electron chi connectivity index (χ4n) is 2.92. The molecule has 0 amide bonds. The monoisotopic (exact) mass is 262 g/mol. The SMILES string of the molecule is CCc1nc(NC)cc(N(CC)C2CCCCC2)n1. The molecule has 19 heavy (non-hydrogen) atoms. The molecule has 1 aromatic heterocycles. The summed E-state index contributed by atoms with van der Waals surface area (Å²) in [7, 11) is 1.92. The third-order valence-corrected chi connectivity index (χ3v) is 3.98. The second kappa shape index (κ2) is 6.73. The molecule has 0 spiro atoms. The van der Waals surface area contributed by atoms with Crippen LogP contribution in [0.3, 0.4) is 0 Å². The second-order valence-corrected chi connectivity index (χ2v) is 5.21. The summed E-state index contributed by atoms with van der Waals surface area (Å²) in [5.41, 5.74) is 0. The number of hydrogen-bond donors (Lipinski definition) is 1. The van der Waals surface area contributed by atoms with Gasteiger partial charge in [-0.1, -0.05) is 26.2 Å². The van der Waals surface area contributed by atoms with Crippen molar-refractivity contribution in [2.75, 3.05) is 23.8 Å². The van der Waals surface area contributed by atoms with Gasteiger partial charge in [0.15, 0.2) is 0 Å². The van der Waals surface area contributed by atoms with Gasteiger partial charge in [0.2, 0.25) is 0 Å². The van der Waals surface area contributed by atoms with Crippen molar-refractivity contribution in [1.29, 1.82) is 0 Å². The number of aryl methyl sites for hydroxylation is 1. The zero-order valence-corrected chi connectivity index (χ0v) is 12.4. The number of rotatable bonds is 5. The second-order valence-electron chi connectivity index (χ2n) is 5.21. The number of aromatic nitrogens is 2. The largest absolute Gasteiger partial charge is 0.373 e. The zero-order valence-electron chi connectivity index (χ0n) is 12.4. The predicted molar refractivity (Wildman–Crippen MR) is 80.8 cm³/mol. The summed E-state index contributed by atoms with van der Waals surface area (Å²) in [6, 6.07) is 2.74. The van der Waals surface area contributed by atoms with Crippen LogP contribution in [0.2, 0.25) is 0 Å². The van der Waals surface area contributed by atoms with Crippen molar-refractivity contribution in [2.45, 2.75) is 58.4 Å². The van der Waals surface area contributed by atoms with Crippen molar-refractivity contribution < 1.29 is 0 Å². The van der Waals surface area contributed by atoms with Crippen molar-refractivity contribution >= 4 is 11.6 Å². The molecule has 0 saturated heterocycles. The van der Waals surface area contributed by atoms with Gasteiger partial charge >= 0.3 is 0 Å². The molecule has 106 valence electrons. The van der Waals surface area contributed by atoms with Crippen LogP contribution < -0.4 is 10.2 Å². The minimum Gasteiger partial charge on any atom is -0.373 e. The van der Waals surface area contributed by atoms with E-state index in [2.05, 4.69) is 35.1 Å². The molecule has 1 fully saturated rings. The molecule has 0 aromatic carbocycles. The molecule has 0 unspecified atom stereocenters. The van der Waals surface area contributed by atoms with Crippen molar-refractivity contribution in [3.8, 4) is 0 Å². The van der Waals surface area contributed by atoms with Gasteiger partial charge in [0.1, 0.15) is 17.5 Å². The Balaban J connectivity index is 2.25. The maximum atomic E-state index is 4.72. The summed E-state index contributed by atoms with van der Waals surface area (Å²) in [5, 5.41) is 3.15. The van der Waals surface area contributed by atoms with Crippen molar-refractivity contribution in [1.82, 2.24) is 9.97 Å². The van der Waals surface area contributed by atoms with E-state index in [1.165, 1.54) is 32.1 Å². The highest BCUT2D eigenvalue weighted by Crippen LogP contribution is 2.27.